The smallest absolute Gasteiger partial charge is 0.410 e. The Hall–Kier alpha value is -3.02. The van der Waals surface area contributed by atoms with Crippen LogP contribution in [0.15, 0.2) is 48.5 Å². The lowest BCUT2D eigenvalue weighted by Crippen LogP contribution is -2.42. The largest absolute Gasteiger partial charge is 0.413 e. The minimum absolute atomic E-state index is 0.178. The highest BCUT2D eigenvalue weighted by Gasteiger charge is 2.15. The van der Waals surface area contributed by atoms with Crippen molar-refractivity contribution in [1.29, 1.82) is 0 Å². The zero-order valence-corrected chi connectivity index (χ0v) is 18.5. The number of nitrogens with one attached hydrogen (secondary N) is 3. The third-order valence-electron chi connectivity index (χ3n) is 4.55. The molecule has 30 heavy (non-hydrogen) atoms. The summed E-state index contributed by atoms with van der Waals surface area (Å²) in [5.74, 6) is 0.503. The standard InChI is InChI=1S/C24H33N3O3/c1-6-19(7-2)25-22(28)26-20-12-8-17(9-13-20)16-18-10-14-21(15-11-18)30-23(29)27-24(3,4)5/h8-15,19H,6-7,16H2,1-5H3,(H,27,29)(H2,25,26,28). The molecule has 0 aliphatic carbocycles. The molecular formula is C24H33N3O3. The topological polar surface area (TPSA) is 79.5 Å². The van der Waals surface area contributed by atoms with Gasteiger partial charge in [-0.1, -0.05) is 38.1 Å². The summed E-state index contributed by atoms with van der Waals surface area (Å²) in [5.41, 5.74) is 2.65. The fourth-order valence-electron chi connectivity index (χ4n) is 2.90. The Balaban J connectivity index is 1.88. The lowest BCUT2D eigenvalue weighted by molar-refractivity contribution is 0.190. The van der Waals surface area contributed by atoms with Crippen LogP contribution in [0.4, 0.5) is 15.3 Å². The predicted octanol–water partition coefficient (Wildman–Crippen LogP) is 5.47. The third-order valence-corrected chi connectivity index (χ3v) is 4.55. The summed E-state index contributed by atoms with van der Waals surface area (Å²) in [7, 11) is 0. The van der Waals surface area contributed by atoms with E-state index in [0.717, 1.165) is 36.1 Å². The van der Waals surface area contributed by atoms with Crippen molar-refractivity contribution < 1.29 is 14.3 Å². The van der Waals surface area contributed by atoms with E-state index >= 15 is 0 Å². The number of benzene rings is 2. The number of ether oxygens (including phenoxy) is 1. The summed E-state index contributed by atoms with van der Waals surface area (Å²) in [6, 6.07) is 15.3. The number of amides is 3. The molecule has 6 nitrogen and oxygen atoms in total. The molecule has 3 amide bonds. The first-order valence-corrected chi connectivity index (χ1v) is 10.4. The second kappa shape index (κ2) is 10.7. The highest BCUT2D eigenvalue weighted by atomic mass is 16.6. The molecule has 2 aromatic carbocycles. The molecule has 0 atom stereocenters. The number of anilines is 1. The summed E-state index contributed by atoms with van der Waals surface area (Å²) in [6.07, 6.45) is 2.10. The van der Waals surface area contributed by atoms with Gasteiger partial charge in [0.15, 0.2) is 0 Å². The van der Waals surface area contributed by atoms with Crippen molar-refractivity contribution in [3.8, 4) is 5.75 Å². The van der Waals surface area contributed by atoms with Crippen LogP contribution < -0.4 is 20.7 Å². The van der Waals surface area contributed by atoms with Crippen molar-refractivity contribution in [2.24, 2.45) is 0 Å². The summed E-state index contributed by atoms with van der Waals surface area (Å²) >= 11 is 0. The van der Waals surface area contributed by atoms with Crippen molar-refractivity contribution in [2.75, 3.05) is 5.32 Å². The van der Waals surface area contributed by atoms with E-state index in [-0.39, 0.29) is 17.6 Å². The summed E-state index contributed by atoms with van der Waals surface area (Å²) in [6.45, 7) is 9.82. The Kier molecular flexibility index (Phi) is 8.27. The maximum atomic E-state index is 12.0. The fraction of sp³-hybridized carbons (Fsp3) is 0.417. The van der Waals surface area contributed by atoms with Gasteiger partial charge < -0.3 is 20.7 Å². The Morgan fingerprint density at radius 1 is 0.900 bits per heavy atom. The molecule has 3 N–H and O–H groups in total. The third kappa shape index (κ3) is 8.15. The number of hydrogen-bond donors (Lipinski definition) is 3. The Morgan fingerprint density at radius 2 is 1.43 bits per heavy atom. The average molecular weight is 412 g/mol. The van der Waals surface area contributed by atoms with E-state index in [2.05, 4.69) is 29.8 Å². The Labute approximate surface area is 179 Å². The van der Waals surface area contributed by atoms with E-state index in [1.807, 2.05) is 57.2 Å². The molecular weight excluding hydrogens is 378 g/mol. The lowest BCUT2D eigenvalue weighted by Gasteiger charge is -2.19. The van der Waals surface area contributed by atoms with E-state index in [0.29, 0.717) is 5.75 Å². The van der Waals surface area contributed by atoms with Crippen molar-refractivity contribution in [3.05, 3.63) is 59.7 Å². The summed E-state index contributed by atoms with van der Waals surface area (Å²) in [4.78, 5) is 23.9. The zero-order valence-electron chi connectivity index (χ0n) is 18.5. The lowest BCUT2D eigenvalue weighted by atomic mass is 10.0. The molecule has 0 aromatic heterocycles. The first-order chi connectivity index (χ1) is 14.2. The van der Waals surface area contributed by atoms with Crippen LogP contribution in [0.2, 0.25) is 0 Å². The van der Waals surface area contributed by atoms with Crippen LogP contribution in [0.3, 0.4) is 0 Å². The molecule has 0 unspecified atom stereocenters. The van der Waals surface area contributed by atoms with E-state index < -0.39 is 6.09 Å². The quantitative estimate of drug-likeness (QED) is 0.565. The van der Waals surface area contributed by atoms with Crippen molar-refractivity contribution in [1.82, 2.24) is 10.6 Å². The molecule has 0 saturated heterocycles. The van der Waals surface area contributed by atoms with Gasteiger partial charge in [-0.25, -0.2) is 9.59 Å². The van der Waals surface area contributed by atoms with Gasteiger partial charge in [-0.3, -0.25) is 0 Å². The molecule has 2 aromatic rings. The van der Waals surface area contributed by atoms with Crippen LogP contribution in [0, 0.1) is 0 Å². The van der Waals surface area contributed by atoms with Crippen LogP contribution >= 0.6 is 0 Å². The molecule has 0 aliphatic heterocycles. The summed E-state index contributed by atoms with van der Waals surface area (Å²) < 4.78 is 5.30. The first kappa shape index (κ1) is 23.3. The first-order valence-electron chi connectivity index (χ1n) is 10.4. The number of carbonyl (C=O) groups is 2. The van der Waals surface area contributed by atoms with Gasteiger partial charge in [0.2, 0.25) is 0 Å². The summed E-state index contributed by atoms with van der Waals surface area (Å²) in [5, 5.41) is 8.59. The van der Waals surface area contributed by atoms with Gasteiger partial charge in [-0.2, -0.15) is 0 Å². The fourth-order valence-corrected chi connectivity index (χ4v) is 2.90. The molecule has 2 rings (SSSR count). The van der Waals surface area contributed by atoms with Gasteiger partial charge in [-0.05, 0) is 75.4 Å². The van der Waals surface area contributed by atoms with E-state index in [9.17, 15) is 9.59 Å². The van der Waals surface area contributed by atoms with Gasteiger partial charge >= 0.3 is 12.1 Å². The number of hydrogen-bond acceptors (Lipinski definition) is 3. The number of carbonyl (C=O) groups excluding carboxylic acids is 2. The second-order valence-electron chi connectivity index (χ2n) is 8.39. The molecule has 162 valence electrons. The van der Waals surface area contributed by atoms with Crippen LogP contribution in [-0.4, -0.2) is 23.7 Å². The molecule has 0 radical (unpaired) electrons. The van der Waals surface area contributed by atoms with Crippen LogP contribution in [0.5, 0.6) is 5.75 Å². The molecule has 0 heterocycles. The van der Waals surface area contributed by atoms with Crippen LogP contribution in [0.25, 0.3) is 0 Å². The van der Waals surface area contributed by atoms with Crippen molar-refractivity contribution in [2.45, 2.75) is 65.5 Å². The Morgan fingerprint density at radius 3 is 1.93 bits per heavy atom. The highest BCUT2D eigenvalue weighted by molar-refractivity contribution is 5.89. The van der Waals surface area contributed by atoms with Crippen LogP contribution in [-0.2, 0) is 6.42 Å². The monoisotopic (exact) mass is 411 g/mol. The second-order valence-corrected chi connectivity index (χ2v) is 8.39. The van der Waals surface area contributed by atoms with Gasteiger partial charge in [0.05, 0.1) is 0 Å². The van der Waals surface area contributed by atoms with Gasteiger partial charge in [0, 0.05) is 17.3 Å². The molecule has 0 fully saturated rings. The van der Waals surface area contributed by atoms with Crippen molar-refractivity contribution >= 4 is 17.8 Å². The predicted molar refractivity (Wildman–Crippen MR) is 121 cm³/mol. The maximum absolute atomic E-state index is 12.0. The SMILES string of the molecule is CCC(CC)NC(=O)Nc1ccc(Cc2ccc(OC(=O)NC(C)(C)C)cc2)cc1. The van der Waals surface area contributed by atoms with E-state index in [4.69, 9.17) is 4.74 Å². The van der Waals surface area contributed by atoms with E-state index in [1.165, 1.54) is 0 Å². The van der Waals surface area contributed by atoms with E-state index in [1.54, 1.807) is 12.1 Å². The van der Waals surface area contributed by atoms with Crippen LogP contribution in [0.1, 0.15) is 58.6 Å². The highest BCUT2D eigenvalue weighted by Crippen LogP contribution is 2.17. The molecule has 6 heteroatoms. The minimum Gasteiger partial charge on any atom is -0.410 e. The van der Waals surface area contributed by atoms with Crippen molar-refractivity contribution in [3.63, 3.8) is 0 Å². The molecule has 0 bridgehead atoms. The molecule has 0 spiro atoms. The minimum atomic E-state index is -0.466. The van der Waals surface area contributed by atoms with Gasteiger partial charge in [0.1, 0.15) is 5.75 Å². The van der Waals surface area contributed by atoms with Gasteiger partial charge in [0.25, 0.3) is 0 Å². The normalized spacial score (nSPS) is 11.1. The number of urea groups is 1. The molecule has 0 saturated carbocycles. The zero-order chi connectivity index (χ0) is 22.1. The molecule has 0 aliphatic rings. The average Bonchev–Trinajstić information content (AvgIpc) is 2.67. The van der Waals surface area contributed by atoms with Gasteiger partial charge in [-0.15, -0.1) is 0 Å². The Bertz CT molecular complexity index is 820. The number of rotatable bonds is 7. The maximum Gasteiger partial charge on any atom is 0.413 e.